The summed E-state index contributed by atoms with van der Waals surface area (Å²) in [7, 11) is 0. The maximum atomic E-state index is 12.9. The Kier molecular flexibility index (Phi) is 7.43. The van der Waals surface area contributed by atoms with Crippen molar-refractivity contribution in [3.05, 3.63) is 95.1 Å². The molecule has 1 aliphatic heterocycles. The van der Waals surface area contributed by atoms with Gasteiger partial charge in [-0.25, -0.2) is 0 Å². The standard InChI is InChI=1S/C28H32N2O3/c1-21-9-8-13-26(22(21)2)30-17-15-29(16-18-30)19-24(31)20-33-27-14-7-6-12-25(27)28(32)23-10-4-3-5-11-23/h3-14,24,31H,15-20H2,1-2H3/t24-/m1/s1. The number of anilines is 1. The van der Waals surface area contributed by atoms with Gasteiger partial charge in [-0.15, -0.1) is 0 Å². The van der Waals surface area contributed by atoms with Gasteiger partial charge in [0, 0.05) is 44.0 Å². The van der Waals surface area contributed by atoms with Crippen LogP contribution in [0.15, 0.2) is 72.8 Å². The van der Waals surface area contributed by atoms with Gasteiger partial charge in [0.15, 0.2) is 5.78 Å². The quantitative estimate of drug-likeness (QED) is 0.530. The SMILES string of the molecule is Cc1cccc(N2CCN(C[C@@H](O)COc3ccccc3C(=O)c3ccccc3)CC2)c1C. The minimum Gasteiger partial charge on any atom is -0.490 e. The van der Waals surface area contributed by atoms with E-state index in [1.165, 1.54) is 16.8 Å². The molecule has 1 heterocycles. The zero-order valence-corrected chi connectivity index (χ0v) is 19.4. The number of rotatable bonds is 8. The third-order valence-corrected chi connectivity index (χ3v) is 6.36. The first-order valence-electron chi connectivity index (χ1n) is 11.6. The van der Waals surface area contributed by atoms with Crippen molar-refractivity contribution in [1.29, 1.82) is 0 Å². The summed E-state index contributed by atoms with van der Waals surface area (Å²) < 4.78 is 5.89. The first-order chi connectivity index (χ1) is 16.0. The van der Waals surface area contributed by atoms with Crippen molar-refractivity contribution in [2.75, 3.05) is 44.2 Å². The first kappa shape index (κ1) is 23.0. The molecule has 1 N–H and O–H groups in total. The lowest BCUT2D eigenvalue weighted by Gasteiger charge is -2.37. The van der Waals surface area contributed by atoms with Gasteiger partial charge in [-0.05, 0) is 43.2 Å². The first-order valence-corrected chi connectivity index (χ1v) is 11.6. The number of ether oxygens (including phenoxy) is 1. The van der Waals surface area contributed by atoms with E-state index in [4.69, 9.17) is 4.74 Å². The number of piperazine rings is 1. The van der Waals surface area contributed by atoms with Gasteiger partial charge in [0.1, 0.15) is 18.5 Å². The molecule has 0 aromatic heterocycles. The monoisotopic (exact) mass is 444 g/mol. The third kappa shape index (κ3) is 5.62. The number of aliphatic hydroxyl groups excluding tert-OH is 1. The van der Waals surface area contributed by atoms with Crippen LogP contribution in [0.4, 0.5) is 5.69 Å². The van der Waals surface area contributed by atoms with Crippen LogP contribution < -0.4 is 9.64 Å². The molecular formula is C28H32N2O3. The number of β-amino-alcohol motifs (C(OH)–C–C–N with tert-alkyl or cyclic N) is 1. The maximum absolute atomic E-state index is 12.9. The fourth-order valence-corrected chi connectivity index (χ4v) is 4.31. The van der Waals surface area contributed by atoms with E-state index in [-0.39, 0.29) is 12.4 Å². The Labute approximate surface area is 196 Å². The number of hydrogen-bond donors (Lipinski definition) is 1. The van der Waals surface area contributed by atoms with E-state index in [2.05, 4.69) is 41.8 Å². The molecule has 3 aromatic rings. The molecule has 172 valence electrons. The fraction of sp³-hybridized carbons (Fsp3) is 0.321. The number of nitrogens with zero attached hydrogens (tertiary/aromatic N) is 2. The Bertz CT molecular complexity index is 1080. The summed E-state index contributed by atoms with van der Waals surface area (Å²) in [6.45, 7) is 8.70. The Morgan fingerprint density at radius 1 is 0.909 bits per heavy atom. The third-order valence-electron chi connectivity index (χ3n) is 6.36. The highest BCUT2D eigenvalue weighted by Gasteiger charge is 2.21. The van der Waals surface area contributed by atoms with Gasteiger partial charge in [-0.1, -0.05) is 54.6 Å². The predicted molar refractivity (Wildman–Crippen MR) is 132 cm³/mol. The molecule has 1 fully saturated rings. The Morgan fingerprint density at radius 3 is 2.36 bits per heavy atom. The zero-order chi connectivity index (χ0) is 23.2. The van der Waals surface area contributed by atoms with Crippen molar-refractivity contribution in [3.63, 3.8) is 0 Å². The number of aliphatic hydroxyl groups is 1. The molecule has 3 aromatic carbocycles. The molecule has 33 heavy (non-hydrogen) atoms. The molecule has 0 bridgehead atoms. The summed E-state index contributed by atoms with van der Waals surface area (Å²) in [6, 6.07) is 22.9. The van der Waals surface area contributed by atoms with Gasteiger partial charge in [-0.2, -0.15) is 0 Å². The molecule has 1 aliphatic rings. The number of aryl methyl sites for hydroxylation is 1. The molecule has 0 unspecified atom stereocenters. The molecule has 0 aliphatic carbocycles. The molecule has 0 spiro atoms. The van der Waals surface area contributed by atoms with E-state index in [0.717, 1.165) is 26.2 Å². The highest BCUT2D eigenvalue weighted by atomic mass is 16.5. The number of carbonyl (C=O) groups is 1. The Balaban J connectivity index is 1.30. The van der Waals surface area contributed by atoms with Crippen LogP contribution in [-0.2, 0) is 0 Å². The van der Waals surface area contributed by atoms with Gasteiger partial charge in [0.05, 0.1) is 5.56 Å². The highest BCUT2D eigenvalue weighted by Crippen LogP contribution is 2.24. The predicted octanol–water partition coefficient (Wildman–Crippen LogP) is 4.10. The van der Waals surface area contributed by atoms with Gasteiger partial charge < -0.3 is 14.7 Å². The van der Waals surface area contributed by atoms with Crippen LogP contribution in [0, 0.1) is 13.8 Å². The summed E-state index contributed by atoms with van der Waals surface area (Å²) in [5.41, 5.74) is 5.09. The van der Waals surface area contributed by atoms with E-state index >= 15 is 0 Å². The Hall–Kier alpha value is -3.15. The molecule has 1 atom stereocenters. The summed E-state index contributed by atoms with van der Waals surface area (Å²) in [5, 5.41) is 10.6. The second-order valence-corrected chi connectivity index (χ2v) is 8.66. The lowest BCUT2D eigenvalue weighted by molar-refractivity contribution is 0.0657. The summed E-state index contributed by atoms with van der Waals surface area (Å²) in [4.78, 5) is 17.6. The summed E-state index contributed by atoms with van der Waals surface area (Å²) >= 11 is 0. The molecule has 0 radical (unpaired) electrons. The van der Waals surface area contributed by atoms with E-state index < -0.39 is 6.10 Å². The molecule has 0 amide bonds. The molecule has 4 rings (SSSR count). The lowest BCUT2D eigenvalue weighted by atomic mass is 10.0. The summed E-state index contributed by atoms with van der Waals surface area (Å²) in [5.74, 6) is 0.424. The van der Waals surface area contributed by atoms with Crippen LogP contribution in [0.2, 0.25) is 0 Å². The highest BCUT2D eigenvalue weighted by molar-refractivity contribution is 6.10. The number of carbonyl (C=O) groups excluding carboxylic acids is 1. The second kappa shape index (κ2) is 10.6. The molecule has 0 saturated carbocycles. The van der Waals surface area contributed by atoms with E-state index in [1.54, 1.807) is 24.3 Å². The number of benzene rings is 3. The molecule has 5 heteroatoms. The van der Waals surface area contributed by atoms with Crippen LogP contribution in [0.1, 0.15) is 27.0 Å². The van der Waals surface area contributed by atoms with Crippen molar-refractivity contribution in [2.45, 2.75) is 20.0 Å². The van der Waals surface area contributed by atoms with Crippen molar-refractivity contribution in [2.24, 2.45) is 0 Å². The molecular weight excluding hydrogens is 412 g/mol. The van der Waals surface area contributed by atoms with Crippen LogP contribution in [-0.4, -0.2) is 61.2 Å². The average molecular weight is 445 g/mol. The largest absolute Gasteiger partial charge is 0.490 e. The lowest BCUT2D eigenvalue weighted by Crippen LogP contribution is -2.49. The minimum absolute atomic E-state index is 0.0803. The van der Waals surface area contributed by atoms with Crippen molar-refractivity contribution in [3.8, 4) is 5.75 Å². The molecule has 5 nitrogen and oxygen atoms in total. The summed E-state index contributed by atoms with van der Waals surface area (Å²) in [6.07, 6.45) is -0.628. The fourth-order valence-electron chi connectivity index (χ4n) is 4.31. The van der Waals surface area contributed by atoms with Crippen LogP contribution in [0.25, 0.3) is 0 Å². The minimum atomic E-state index is -0.628. The van der Waals surface area contributed by atoms with Crippen molar-refractivity contribution < 1.29 is 14.6 Å². The number of para-hydroxylation sites is 1. The zero-order valence-electron chi connectivity index (χ0n) is 19.4. The van der Waals surface area contributed by atoms with Crippen molar-refractivity contribution in [1.82, 2.24) is 4.90 Å². The van der Waals surface area contributed by atoms with Gasteiger partial charge >= 0.3 is 0 Å². The topological polar surface area (TPSA) is 53.0 Å². The van der Waals surface area contributed by atoms with Crippen molar-refractivity contribution >= 4 is 11.5 Å². The van der Waals surface area contributed by atoms with Crippen LogP contribution in [0.3, 0.4) is 0 Å². The van der Waals surface area contributed by atoms with E-state index in [9.17, 15) is 9.90 Å². The van der Waals surface area contributed by atoms with E-state index in [1.807, 2.05) is 30.3 Å². The van der Waals surface area contributed by atoms with Gasteiger partial charge in [-0.3, -0.25) is 9.69 Å². The van der Waals surface area contributed by atoms with E-state index in [0.29, 0.717) is 23.4 Å². The maximum Gasteiger partial charge on any atom is 0.196 e. The average Bonchev–Trinajstić information content (AvgIpc) is 2.85. The van der Waals surface area contributed by atoms with Gasteiger partial charge in [0.25, 0.3) is 0 Å². The Morgan fingerprint density at radius 2 is 1.61 bits per heavy atom. The number of ketones is 1. The second-order valence-electron chi connectivity index (χ2n) is 8.66. The molecule has 1 saturated heterocycles. The van der Waals surface area contributed by atoms with Crippen LogP contribution in [0.5, 0.6) is 5.75 Å². The van der Waals surface area contributed by atoms with Gasteiger partial charge in [0.2, 0.25) is 0 Å². The number of hydrogen-bond acceptors (Lipinski definition) is 5. The smallest absolute Gasteiger partial charge is 0.196 e. The van der Waals surface area contributed by atoms with Crippen LogP contribution >= 0.6 is 0 Å². The normalized spacial score (nSPS) is 15.3.